The molecule has 1 unspecified atom stereocenters. The third-order valence-corrected chi connectivity index (χ3v) is 4.82. The Morgan fingerprint density at radius 3 is 2.75 bits per heavy atom. The molecule has 0 bridgehead atoms. The molecule has 5 rings (SSSR count). The number of halogens is 1. The standard InChI is InChI=1S/C14H18N8.C4H7FO/c1-20-6-8-21(9-7-20)13-10-12-15-4-5-22(12)14(18-13)17-11-2-3-16-19-11;5-4-1-2-6-3-4/h2-5,10H,6-9H2,1H3,(H2,16,17,18,19);4H,1-3H2. The predicted molar refractivity (Wildman–Crippen MR) is 105 cm³/mol. The van der Waals surface area contributed by atoms with Crippen LogP contribution in [0.15, 0.2) is 30.7 Å². The number of rotatable bonds is 3. The van der Waals surface area contributed by atoms with Crippen LogP contribution < -0.4 is 10.2 Å². The Morgan fingerprint density at radius 2 is 2.11 bits per heavy atom. The van der Waals surface area contributed by atoms with Crippen LogP contribution in [0.3, 0.4) is 0 Å². The molecule has 10 heteroatoms. The maximum Gasteiger partial charge on any atom is 0.216 e. The summed E-state index contributed by atoms with van der Waals surface area (Å²) in [5.41, 5.74) is 0.881. The number of aromatic nitrogens is 5. The van der Waals surface area contributed by atoms with Gasteiger partial charge in [-0.1, -0.05) is 0 Å². The Hall–Kier alpha value is -2.72. The van der Waals surface area contributed by atoms with E-state index in [9.17, 15) is 4.39 Å². The minimum atomic E-state index is -0.676. The molecule has 2 aliphatic heterocycles. The highest BCUT2D eigenvalue weighted by atomic mass is 19.1. The molecule has 0 spiro atoms. The number of aromatic amines is 1. The molecule has 0 amide bonds. The van der Waals surface area contributed by atoms with E-state index in [1.807, 2.05) is 22.7 Å². The second kappa shape index (κ2) is 8.53. The second-order valence-electron chi connectivity index (χ2n) is 6.94. The van der Waals surface area contributed by atoms with E-state index >= 15 is 0 Å². The Bertz CT molecular complexity index is 869. The van der Waals surface area contributed by atoms with Crippen molar-refractivity contribution >= 4 is 23.2 Å². The van der Waals surface area contributed by atoms with Crippen LogP contribution >= 0.6 is 0 Å². The highest BCUT2D eigenvalue weighted by Crippen LogP contribution is 2.21. The quantitative estimate of drug-likeness (QED) is 0.706. The first-order chi connectivity index (χ1) is 13.7. The fraction of sp³-hybridized carbons (Fsp3) is 0.500. The molecule has 28 heavy (non-hydrogen) atoms. The molecule has 2 aliphatic rings. The van der Waals surface area contributed by atoms with E-state index in [0.29, 0.717) is 19.6 Å². The van der Waals surface area contributed by atoms with Crippen molar-refractivity contribution in [2.45, 2.75) is 12.6 Å². The van der Waals surface area contributed by atoms with Crippen LogP contribution in [0.25, 0.3) is 5.65 Å². The summed E-state index contributed by atoms with van der Waals surface area (Å²) < 4.78 is 18.4. The van der Waals surface area contributed by atoms with Crippen molar-refractivity contribution in [1.82, 2.24) is 29.5 Å². The minimum Gasteiger partial charge on any atom is -0.378 e. The molecule has 0 radical (unpaired) electrons. The predicted octanol–water partition coefficient (Wildman–Crippen LogP) is 1.69. The van der Waals surface area contributed by atoms with Crippen LogP contribution in [0.2, 0.25) is 0 Å². The monoisotopic (exact) mass is 388 g/mol. The average Bonchev–Trinajstić information content (AvgIpc) is 3.45. The first-order valence-corrected chi connectivity index (χ1v) is 9.45. The lowest BCUT2D eigenvalue weighted by Gasteiger charge is -2.33. The first-order valence-electron chi connectivity index (χ1n) is 9.45. The van der Waals surface area contributed by atoms with Crippen LogP contribution in [0.5, 0.6) is 0 Å². The van der Waals surface area contributed by atoms with Gasteiger partial charge in [-0.15, -0.1) is 0 Å². The number of fused-ring (bicyclic) bond motifs is 1. The average molecular weight is 388 g/mol. The van der Waals surface area contributed by atoms with E-state index in [1.165, 1.54) is 0 Å². The smallest absolute Gasteiger partial charge is 0.216 e. The number of nitrogens with one attached hydrogen (secondary N) is 2. The molecule has 0 aromatic carbocycles. The van der Waals surface area contributed by atoms with Crippen LogP contribution in [0, 0.1) is 0 Å². The summed E-state index contributed by atoms with van der Waals surface area (Å²) in [6.07, 6.45) is 5.31. The van der Waals surface area contributed by atoms with Crippen LogP contribution in [-0.2, 0) is 4.74 Å². The van der Waals surface area contributed by atoms with Crippen LogP contribution in [0.1, 0.15) is 6.42 Å². The lowest BCUT2D eigenvalue weighted by Crippen LogP contribution is -2.44. The summed E-state index contributed by atoms with van der Waals surface area (Å²) in [5.74, 6) is 2.49. The number of hydrogen-bond donors (Lipinski definition) is 2. The summed E-state index contributed by atoms with van der Waals surface area (Å²) >= 11 is 0. The molecular weight excluding hydrogens is 363 g/mol. The van der Waals surface area contributed by atoms with Gasteiger partial charge >= 0.3 is 0 Å². The number of nitrogens with zero attached hydrogens (tertiary/aromatic N) is 6. The molecule has 2 fully saturated rings. The highest BCUT2D eigenvalue weighted by molar-refractivity contribution is 5.60. The number of hydrogen-bond acceptors (Lipinski definition) is 7. The number of imidazole rings is 1. The molecular formula is C18H25FN8O. The molecule has 0 aliphatic carbocycles. The van der Waals surface area contributed by atoms with E-state index in [1.54, 1.807) is 12.4 Å². The van der Waals surface area contributed by atoms with E-state index < -0.39 is 6.17 Å². The van der Waals surface area contributed by atoms with Gasteiger partial charge < -0.3 is 19.9 Å². The van der Waals surface area contributed by atoms with E-state index in [2.05, 4.69) is 42.1 Å². The number of ether oxygens (including phenoxy) is 1. The molecule has 2 saturated heterocycles. The SMILES string of the molecule is CN1CCN(c2cc3nccn3c(Nc3ccn[nH]3)n2)CC1.FC1CCOC1. The lowest BCUT2D eigenvalue weighted by atomic mass is 10.3. The van der Waals surface area contributed by atoms with Gasteiger partial charge in [-0.2, -0.15) is 10.1 Å². The second-order valence-corrected chi connectivity index (χ2v) is 6.94. The van der Waals surface area contributed by atoms with Gasteiger partial charge in [0, 0.05) is 63.7 Å². The molecule has 0 saturated carbocycles. The van der Waals surface area contributed by atoms with Crippen LogP contribution in [0.4, 0.5) is 22.0 Å². The Kier molecular flexibility index (Phi) is 5.68. The summed E-state index contributed by atoms with van der Waals surface area (Å²) in [4.78, 5) is 13.8. The minimum absolute atomic E-state index is 0.319. The zero-order valence-corrected chi connectivity index (χ0v) is 15.9. The summed E-state index contributed by atoms with van der Waals surface area (Å²) in [5, 5.41) is 10.1. The fourth-order valence-corrected chi connectivity index (χ4v) is 3.15. The molecule has 1 atom stereocenters. The van der Waals surface area contributed by atoms with E-state index in [-0.39, 0.29) is 0 Å². The van der Waals surface area contributed by atoms with Gasteiger partial charge in [-0.05, 0) is 7.05 Å². The molecule has 3 aromatic rings. The number of anilines is 3. The highest BCUT2D eigenvalue weighted by Gasteiger charge is 2.17. The van der Waals surface area contributed by atoms with E-state index in [4.69, 9.17) is 4.98 Å². The van der Waals surface area contributed by atoms with Crippen molar-refractivity contribution in [1.29, 1.82) is 0 Å². The normalized spacial score (nSPS) is 20.2. The number of piperazine rings is 1. The third kappa shape index (κ3) is 4.39. The maximum absolute atomic E-state index is 11.8. The molecule has 150 valence electrons. The van der Waals surface area contributed by atoms with Crippen molar-refractivity contribution in [3.05, 3.63) is 30.7 Å². The molecule has 9 nitrogen and oxygen atoms in total. The Labute approximate surface area is 162 Å². The van der Waals surface area contributed by atoms with E-state index in [0.717, 1.165) is 49.4 Å². The number of alkyl halides is 1. The van der Waals surface area contributed by atoms with Crippen molar-refractivity contribution in [2.24, 2.45) is 0 Å². The van der Waals surface area contributed by atoms with Gasteiger partial charge in [0.25, 0.3) is 0 Å². The van der Waals surface area contributed by atoms with Gasteiger partial charge in [0.15, 0.2) is 0 Å². The Balaban J connectivity index is 0.000000275. The van der Waals surface area contributed by atoms with Gasteiger partial charge in [0.2, 0.25) is 5.95 Å². The van der Waals surface area contributed by atoms with Crippen molar-refractivity contribution in [3.8, 4) is 0 Å². The van der Waals surface area contributed by atoms with Crippen molar-refractivity contribution in [3.63, 3.8) is 0 Å². The summed E-state index contributed by atoms with van der Waals surface area (Å²) in [7, 11) is 2.15. The zero-order valence-electron chi connectivity index (χ0n) is 15.9. The van der Waals surface area contributed by atoms with Crippen LogP contribution in [-0.4, -0.2) is 82.1 Å². The van der Waals surface area contributed by atoms with Crippen molar-refractivity contribution in [2.75, 3.05) is 56.7 Å². The molecule has 5 heterocycles. The van der Waals surface area contributed by atoms with Gasteiger partial charge in [0.05, 0.1) is 12.8 Å². The number of H-pyrrole nitrogens is 1. The topological polar surface area (TPSA) is 86.6 Å². The van der Waals surface area contributed by atoms with Gasteiger partial charge in [0.1, 0.15) is 23.5 Å². The molecule has 2 N–H and O–H groups in total. The first kappa shape index (κ1) is 18.6. The number of likely N-dealkylation sites (N-methyl/N-ethyl adjacent to an activating group) is 1. The van der Waals surface area contributed by atoms with Gasteiger partial charge in [-0.25, -0.2) is 9.37 Å². The largest absolute Gasteiger partial charge is 0.378 e. The Morgan fingerprint density at radius 1 is 1.25 bits per heavy atom. The third-order valence-electron chi connectivity index (χ3n) is 4.82. The summed E-state index contributed by atoms with van der Waals surface area (Å²) in [6, 6.07) is 3.90. The van der Waals surface area contributed by atoms with Gasteiger partial charge in [-0.3, -0.25) is 9.50 Å². The maximum atomic E-state index is 11.8. The lowest BCUT2D eigenvalue weighted by molar-refractivity contribution is 0.173. The summed E-state index contributed by atoms with van der Waals surface area (Å²) in [6.45, 7) is 4.98. The fourth-order valence-electron chi connectivity index (χ4n) is 3.15. The van der Waals surface area contributed by atoms with Crippen molar-refractivity contribution < 1.29 is 9.13 Å². The molecule has 3 aromatic heterocycles. The zero-order chi connectivity index (χ0) is 19.3.